The zero-order chi connectivity index (χ0) is 25.2. The third-order valence-corrected chi connectivity index (χ3v) is 6.46. The van der Waals surface area contributed by atoms with Crippen molar-refractivity contribution in [2.45, 2.75) is 26.7 Å². The number of hydrogen-bond acceptors (Lipinski definition) is 6. The molecule has 3 heterocycles. The molecule has 11 heteroatoms. The summed E-state index contributed by atoms with van der Waals surface area (Å²) in [5.74, 6) is 0.187. The molecule has 1 aliphatic heterocycles. The number of fused-ring (bicyclic) bond motifs is 1. The van der Waals surface area contributed by atoms with Gasteiger partial charge in [0.15, 0.2) is 5.69 Å². The number of nitrogens with zero attached hydrogens (tertiary/aromatic N) is 3. The lowest BCUT2D eigenvalue weighted by Gasteiger charge is -2.22. The molecular formula is C26H30ClN7O3. The number of aryl methyl sites for hydroxylation is 2. The molecule has 0 aliphatic carbocycles. The first-order valence-corrected chi connectivity index (χ1v) is 12.0. The van der Waals surface area contributed by atoms with Crippen molar-refractivity contribution in [2.24, 2.45) is 11.7 Å². The van der Waals surface area contributed by atoms with Crippen LogP contribution in [0.1, 0.15) is 44.9 Å². The van der Waals surface area contributed by atoms with Crippen molar-refractivity contribution in [3.8, 4) is 11.4 Å². The van der Waals surface area contributed by atoms with Crippen molar-refractivity contribution >= 4 is 41.2 Å². The molecule has 10 nitrogen and oxygen atoms in total. The van der Waals surface area contributed by atoms with E-state index in [-0.39, 0.29) is 29.7 Å². The summed E-state index contributed by atoms with van der Waals surface area (Å²) in [5, 5.41) is 6.11. The maximum atomic E-state index is 13.3. The zero-order valence-electron chi connectivity index (χ0n) is 20.7. The Kier molecular flexibility index (Phi) is 7.80. The number of ether oxygens (including phenoxy) is 1. The summed E-state index contributed by atoms with van der Waals surface area (Å²) in [5.41, 5.74) is 9.60. The molecule has 2 aromatic carbocycles. The highest BCUT2D eigenvalue weighted by Crippen LogP contribution is 2.24. The Hall–Kier alpha value is -3.89. The summed E-state index contributed by atoms with van der Waals surface area (Å²) in [6.07, 6.45) is 3.64. The van der Waals surface area contributed by atoms with Gasteiger partial charge in [-0.25, -0.2) is 9.97 Å². The van der Waals surface area contributed by atoms with Crippen molar-refractivity contribution in [2.75, 3.05) is 25.0 Å². The number of aromatic nitrogens is 4. The van der Waals surface area contributed by atoms with Crippen molar-refractivity contribution < 1.29 is 14.3 Å². The van der Waals surface area contributed by atoms with Gasteiger partial charge in [-0.15, -0.1) is 12.4 Å². The van der Waals surface area contributed by atoms with E-state index >= 15 is 0 Å². The smallest absolute Gasteiger partial charge is 0.277 e. The molecule has 37 heavy (non-hydrogen) atoms. The number of anilines is 1. The van der Waals surface area contributed by atoms with Crippen LogP contribution in [-0.2, 0) is 0 Å². The summed E-state index contributed by atoms with van der Waals surface area (Å²) in [7, 11) is 0. The average molecular weight is 524 g/mol. The molecule has 2 aromatic heterocycles. The van der Waals surface area contributed by atoms with Gasteiger partial charge in [-0.3, -0.25) is 19.5 Å². The molecule has 1 aliphatic rings. The van der Waals surface area contributed by atoms with Gasteiger partial charge in [-0.1, -0.05) is 17.7 Å². The van der Waals surface area contributed by atoms with Crippen LogP contribution in [0.3, 0.4) is 0 Å². The van der Waals surface area contributed by atoms with Crippen molar-refractivity contribution in [3.63, 3.8) is 0 Å². The van der Waals surface area contributed by atoms with Gasteiger partial charge in [0.05, 0.1) is 23.3 Å². The van der Waals surface area contributed by atoms with Gasteiger partial charge >= 0.3 is 0 Å². The molecule has 194 valence electrons. The molecule has 0 bridgehead atoms. The summed E-state index contributed by atoms with van der Waals surface area (Å²) in [4.78, 5) is 37.1. The SMILES string of the molecule is Cc1ccc(-n2cnc(C(N)=O)c2C(=O)Nc2nc3ccc(OCC4CCNCC4)cc3[nH]2)c(C)c1.Cl. The molecule has 4 aromatic rings. The van der Waals surface area contributed by atoms with E-state index in [1.54, 1.807) is 4.57 Å². The third-order valence-electron chi connectivity index (χ3n) is 6.46. The van der Waals surface area contributed by atoms with E-state index < -0.39 is 11.8 Å². The van der Waals surface area contributed by atoms with Gasteiger partial charge in [0.1, 0.15) is 17.8 Å². The normalized spacial score (nSPS) is 13.8. The number of carbonyl (C=O) groups excluding carboxylic acids is 2. The van der Waals surface area contributed by atoms with E-state index in [1.165, 1.54) is 6.33 Å². The van der Waals surface area contributed by atoms with Crippen LogP contribution in [0.2, 0.25) is 0 Å². The lowest BCUT2D eigenvalue weighted by molar-refractivity contribution is 0.0970. The van der Waals surface area contributed by atoms with Crippen LogP contribution >= 0.6 is 12.4 Å². The molecule has 2 amide bonds. The van der Waals surface area contributed by atoms with Gasteiger partial charge in [-0.05, 0) is 69.5 Å². The van der Waals surface area contributed by atoms with Gasteiger partial charge in [-0.2, -0.15) is 0 Å². The highest BCUT2D eigenvalue weighted by molar-refractivity contribution is 6.10. The molecular weight excluding hydrogens is 494 g/mol. The molecule has 5 N–H and O–H groups in total. The minimum Gasteiger partial charge on any atom is -0.493 e. The van der Waals surface area contributed by atoms with Gasteiger partial charge in [0.2, 0.25) is 5.95 Å². The second kappa shape index (κ2) is 11.0. The van der Waals surface area contributed by atoms with Crippen LogP contribution in [0.5, 0.6) is 5.75 Å². The number of amides is 2. The van der Waals surface area contributed by atoms with Crippen LogP contribution in [0.4, 0.5) is 5.95 Å². The summed E-state index contributed by atoms with van der Waals surface area (Å²) in [6.45, 7) is 6.63. The fraction of sp³-hybridized carbons (Fsp3) is 0.308. The maximum absolute atomic E-state index is 13.3. The Balaban J connectivity index is 0.00000320. The predicted octanol–water partition coefficient (Wildman–Crippen LogP) is 3.52. The van der Waals surface area contributed by atoms with Gasteiger partial charge in [0.25, 0.3) is 11.8 Å². The lowest BCUT2D eigenvalue weighted by Crippen LogP contribution is -2.30. The third kappa shape index (κ3) is 5.60. The topological polar surface area (TPSA) is 140 Å². The molecule has 0 spiro atoms. The Bertz CT molecular complexity index is 1440. The minimum atomic E-state index is -0.788. The standard InChI is InChI=1S/C26H29N7O3.ClH/c1-15-3-6-21(16(2)11-15)33-14-29-22(24(27)34)23(33)25(35)32-26-30-19-5-4-18(12-20(19)31-26)36-13-17-7-9-28-10-8-17;/h3-6,11-12,14,17,28H,7-10,13H2,1-2H3,(H2,27,34)(H2,30,31,32,35);1H. The van der Waals surface area contributed by atoms with E-state index in [4.69, 9.17) is 10.5 Å². The maximum Gasteiger partial charge on any atom is 0.277 e. The Morgan fingerprint density at radius 1 is 1.16 bits per heavy atom. The number of hydrogen-bond donors (Lipinski definition) is 4. The summed E-state index contributed by atoms with van der Waals surface area (Å²) < 4.78 is 7.57. The first-order valence-electron chi connectivity index (χ1n) is 12.0. The molecule has 0 atom stereocenters. The number of benzene rings is 2. The van der Waals surface area contributed by atoms with E-state index in [9.17, 15) is 9.59 Å². The number of primary amides is 1. The number of H-pyrrole nitrogens is 1. The Morgan fingerprint density at radius 3 is 2.68 bits per heavy atom. The molecule has 0 unspecified atom stereocenters. The van der Waals surface area contributed by atoms with Crippen molar-refractivity contribution in [3.05, 3.63) is 65.2 Å². The number of carbonyl (C=O) groups is 2. The number of imidazole rings is 2. The van der Waals surface area contributed by atoms with Crippen LogP contribution in [-0.4, -0.2) is 51.0 Å². The van der Waals surface area contributed by atoms with E-state index in [0.717, 1.165) is 54.0 Å². The Labute approximate surface area is 220 Å². The van der Waals surface area contributed by atoms with Crippen LogP contribution < -0.4 is 21.1 Å². The van der Waals surface area contributed by atoms with Crippen LogP contribution in [0.25, 0.3) is 16.7 Å². The molecule has 5 rings (SSSR count). The minimum absolute atomic E-state index is 0. The largest absolute Gasteiger partial charge is 0.493 e. The first kappa shape index (κ1) is 26.2. The molecule has 0 radical (unpaired) electrons. The molecule has 0 saturated carbocycles. The fourth-order valence-corrected chi connectivity index (χ4v) is 4.57. The van der Waals surface area contributed by atoms with Crippen molar-refractivity contribution in [1.82, 2.24) is 24.8 Å². The van der Waals surface area contributed by atoms with E-state index in [1.807, 2.05) is 50.2 Å². The number of nitrogens with one attached hydrogen (secondary N) is 3. The van der Waals surface area contributed by atoms with Crippen LogP contribution in [0, 0.1) is 19.8 Å². The first-order chi connectivity index (χ1) is 17.4. The van der Waals surface area contributed by atoms with Crippen molar-refractivity contribution in [1.29, 1.82) is 0 Å². The Morgan fingerprint density at radius 2 is 1.95 bits per heavy atom. The molecule has 1 saturated heterocycles. The number of rotatable bonds is 7. The highest BCUT2D eigenvalue weighted by Gasteiger charge is 2.25. The van der Waals surface area contributed by atoms with E-state index in [0.29, 0.717) is 18.0 Å². The number of nitrogens with two attached hydrogens (primary N) is 1. The lowest BCUT2D eigenvalue weighted by atomic mass is 9.99. The quantitative estimate of drug-likeness (QED) is 0.292. The second-order valence-electron chi connectivity index (χ2n) is 9.19. The number of aromatic amines is 1. The second-order valence-corrected chi connectivity index (χ2v) is 9.19. The highest BCUT2D eigenvalue weighted by atomic mass is 35.5. The molecule has 1 fully saturated rings. The number of piperidine rings is 1. The van der Waals surface area contributed by atoms with Gasteiger partial charge in [0, 0.05) is 6.07 Å². The van der Waals surface area contributed by atoms with Gasteiger partial charge < -0.3 is 20.8 Å². The fourth-order valence-electron chi connectivity index (χ4n) is 4.57. The van der Waals surface area contributed by atoms with E-state index in [2.05, 4.69) is 25.6 Å². The summed E-state index contributed by atoms with van der Waals surface area (Å²) in [6, 6.07) is 11.4. The van der Waals surface area contributed by atoms with Crippen LogP contribution in [0.15, 0.2) is 42.7 Å². The predicted molar refractivity (Wildman–Crippen MR) is 144 cm³/mol. The monoisotopic (exact) mass is 523 g/mol. The summed E-state index contributed by atoms with van der Waals surface area (Å²) >= 11 is 0. The number of halogens is 1. The zero-order valence-corrected chi connectivity index (χ0v) is 21.5. The average Bonchev–Trinajstić information content (AvgIpc) is 3.47.